The first kappa shape index (κ1) is 18.3. The molecule has 2 unspecified atom stereocenters. The van der Waals surface area contributed by atoms with Crippen molar-refractivity contribution in [3.05, 3.63) is 10.5 Å². The Morgan fingerprint density at radius 2 is 1.44 bits per heavy atom. The molecule has 0 heterocycles. The minimum Gasteiger partial charge on any atom is -0.0833 e. The minimum absolute atomic E-state index is 0.668. The Kier molecular flexibility index (Phi) is 9.38. The summed E-state index contributed by atoms with van der Waals surface area (Å²) < 4.78 is 1.44. The van der Waals surface area contributed by atoms with Gasteiger partial charge in [0.2, 0.25) is 0 Å². The monoisotopic (exact) mass is 314 g/mol. The molecule has 2 heteroatoms. The van der Waals surface area contributed by atoms with Crippen molar-refractivity contribution in [1.82, 2.24) is 0 Å². The van der Waals surface area contributed by atoms with Gasteiger partial charge in [0.25, 0.3) is 0 Å². The molecule has 0 nitrogen and oxygen atoms in total. The van der Waals surface area contributed by atoms with Crippen LogP contribution in [0.4, 0.5) is 0 Å². The van der Waals surface area contributed by atoms with Gasteiger partial charge in [-0.3, -0.25) is 0 Å². The van der Waals surface area contributed by atoms with Gasteiger partial charge >= 0.3 is 0 Å². The van der Waals surface area contributed by atoms with Crippen molar-refractivity contribution >= 4 is 22.6 Å². The molecular formula is C16H32BBr. The first-order chi connectivity index (χ1) is 8.32. The van der Waals surface area contributed by atoms with Crippen LogP contribution in [0.2, 0.25) is 11.6 Å². The Hall–Kier alpha value is 0.285. The molecule has 0 aromatic heterocycles. The highest BCUT2D eigenvalue weighted by atomic mass is 79.9. The SMILES string of the molecule is CCCC/C=C(\Br)B(C(C)C(C)C)C(C)C(C)C. The molecule has 0 saturated heterocycles. The Labute approximate surface area is 124 Å². The average molecular weight is 315 g/mol. The molecule has 0 rings (SSSR count). The van der Waals surface area contributed by atoms with Crippen LogP contribution in [-0.2, 0) is 0 Å². The average Bonchev–Trinajstić information content (AvgIpc) is 2.29. The summed E-state index contributed by atoms with van der Waals surface area (Å²) in [6.07, 6.45) is 6.21. The number of rotatable bonds is 8. The van der Waals surface area contributed by atoms with Crippen molar-refractivity contribution in [2.45, 2.75) is 79.4 Å². The van der Waals surface area contributed by atoms with Gasteiger partial charge in [-0.15, -0.1) is 0 Å². The number of hydrogen-bond acceptors (Lipinski definition) is 0. The summed E-state index contributed by atoms with van der Waals surface area (Å²) in [6.45, 7) is 17.1. The van der Waals surface area contributed by atoms with Gasteiger partial charge in [0.05, 0.1) is 0 Å². The highest BCUT2D eigenvalue weighted by Gasteiger charge is 2.33. The standard InChI is InChI=1S/C16H32BBr/c1-8-9-10-11-16(18)17(14(6)12(2)3)15(7)13(4)5/h11-15H,8-10H2,1-7H3/b16-11-. The molecule has 0 aliphatic rings. The Balaban J connectivity index is 4.90. The third kappa shape index (κ3) is 5.95. The van der Waals surface area contributed by atoms with E-state index in [9.17, 15) is 0 Å². The maximum absolute atomic E-state index is 3.87. The van der Waals surface area contributed by atoms with Gasteiger partial charge in [0.15, 0.2) is 6.71 Å². The van der Waals surface area contributed by atoms with Gasteiger partial charge in [0, 0.05) is 0 Å². The van der Waals surface area contributed by atoms with Crippen LogP contribution in [0.15, 0.2) is 10.5 Å². The lowest BCUT2D eigenvalue weighted by atomic mass is 9.31. The molecule has 0 aliphatic heterocycles. The summed E-state index contributed by atoms with van der Waals surface area (Å²) in [6, 6.07) is 0. The van der Waals surface area contributed by atoms with Crippen LogP contribution < -0.4 is 0 Å². The first-order valence-electron chi connectivity index (χ1n) is 7.68. The fourth-order valence-corrected chi connectivity index (χ4v) is 3.45. The molecule has 0 aliphatic carbocycles. The second kappa shape index (κ2) is 9.23. The molecule has 0 saturated carbocycles. The largest absolute Gasteiger partial charge is 0.190 e. The topological polar surface area (TPSA) is 0 Å². The molecule has 0 spiro atoms. The van der Waals surface area contributed by atoms with E-state index in [4.69, 9.17) is 0 Å². The molecule has 0 amide bonds. The van der Waals surface area contributed by atoms with Crippen molar-refractivity contribution in [3.8, 4) is 0 Å². The quantitative estimate of drug-likeness (QED) is 0.350. The Bertz CT molecular complexity index is 231. The molecule has 2 atom stereocenters. The number of unbranched alkanes of at least 4 members (excludes halogenated alkanes) is 2. The number of hydrogen-bond donors (Lipinski definition) is 0. The van der Waals surface area contributed by atoms with Crippen LogP contribution in [0.5, 0.6) is 0 Å². The smallest absolute Gasteiger partial charge is 0.0833 e. The predicted octanol–water partition coefficient (Wildman–Crippen LogP) is 6.58. The van der Waals surface area contributed by atoms with E-state index in [1.54, 1.807) is 0 Å². The third-order valence-electron chi connectivity index (χ3n) is 4.45. The summed E-state index contributed by atoms with van der Waals surface area (Å²) >= 11 is 3.87. The normalized spacial score (nSPS) is 16.2. The van der Waals surface area contributed by atoms with E-state index in [0.717, 1.165) is 23.5 Å². The van der Waals surface area contributed by atoms with Crippen LogP contribution in [0.1, 0.15) is 67.7 Å². The van der Waals surface area contributed by atoms with E-state index in [-0.39, 0.29) is 0 Å². The zero-order chi connectivity index (χ0) is 14.3. The number of halogens is 1. The van der Waals surface area contributed by atoms with E-state index in [1.165, 1.54) is 23.6 Å². The summed E-state index contributed by atoms with van der Waals surface area (Å²) in [5, 5.41) is 0. The molecule has 0 bridgehead atoms. The molecule has 18 heavy (non-hydrogen) atoms. The fourth-order valence-electron chi connectivity index (χ4n) is 2.39. The lowest BCUT2D eigenvalue weighted by molar-refractivity contribution is 0.566. The van der Waals surface area contributed by atoms with Crippen molar-refractivity contribution in [2.24, 2.45) is 11.8 Å². The van der Waals surface area contributed by atoms with E-state index in [0.29, 0.717) is 6.71 Å². The summed E-state index contributed by atoms with van der Waals surface area (Å²) in [7, 11) is 0. The molecular weight excluding hydrogens is 283 g/mol. The minimum atomic E-state index is 0.668. The second-order valence-corrected chi connectivity index (χ2v) is 7.38. The van der Waals surface area contributed by atoms with E-state index in [2.05, 4.69) is 70.5 Å². The summed E-state index contributed by atoms with van der Waals surface area (Å²) in [5.74, 6) is 2.94. The van der Waals surface area contributed by atoms with Gasteiger partial charge in [0.1, 0.15) is 0 Å². The van der Waals surface area contributed by atoms with Gasteiger partial charge in [-0.05, 0) is 10.8 Å². The predicted molar refractivity (Wildman–Crippen MR) is 90.8 cm³/mol. The lowest BCUT2D eigenvalue weighted by Crippen LogP contribution is -2.30. The van der Waals surface area contributed by atoms with Gasteiger partial charge in [-0.1, -0.05) is 107 Å². The molecule has 0 fully saturated rings. The molecule has 0 aromatic rings. The molecule has 0 N–H and O–H groups in total. The summed E-state index contributed by atoms with van der Waals surface area (Å²) in [4.78, 5) is 0. The Morgan fingerprint density at radius 3 is 1.78 bits per heavy atom. The zero-order valence-electron chi connectivity index (χ0n) is 13.5. The maximum Gasteiger partial charge on any atom is 0.190 e. The Morgan fingerprint density at radius 1 is 1.00 bits per heavy atom. The molecule has 0 aromatic carbocycles. The van der Waals surface area contributed by atoms with Crippen LogP contribution in [-0.4, -0.2) is 6.71 Å². The lowest BCUT2D eigenvalue weighted by Gasteiger charge is -2.31. The highest BCUT2D eigenvalue weighted by Crippen LogP contribution is 2.38. The maximum atomic E-state index is 3.87. The van der Waals surface area contributed by atoms with E-state index >= 15 is 0 Å². The molecule has 0 radical (unpaired) electrons. The van der Waals surface area contributed by atoms with Crippen LogP contribution >= 0.6 is 15.9 Å². The van der Waals surface area contributed by atoms with Crippen LogP contribution in [0.25, 0.3) is 0 Å². The first-order valence-corrected chi connectivity index (χ1v) is 8.47. The van der Waals surface area contributed by atoms with Crippen molar-refractivity contribution in [1.29, 1.82) is 0 Å². The van der Waals surface area contributed by atoms with Crippen molar-refractivity contribution in [3.63, 3.8) is 0 Å². The van der Waals surface area contributed by atoms with Crippen LogP contribution in [0, 0.1) is 11.8 Å². The van der Waals surface area contributed by atoms with E-state index in [1.807, 2.05) is 0 Å². The third-order valence-corrected chi connectivity index (χ3v) is 5.30. The second-order valence-electron chi connectivity index (χ2n) is 6.46. The van der Waals surface area contributed by atoms with Gasteiger partial charge in [-0.25, -0.2) is 0 Å². The highest BCUT2D eigenvalue weighted by molar-refractivity contribution is 9.12. The van der Waals surface area contributed by atoms with Gasteiger partial charge < -0.3 is 0 Å². The number of allylic oxidation sites excluding steroid dienone is 1. The zero-order valence-corrected chi connectivity index (χ0v) is 15.0. The van der Waals surface area contributed by atoms with Crippen molar-refractivity contribution in [2.75, 3.05) is 0 Å². The van der Waals surface area contributed by atoms with Gasteiger partial charge in [-0.2, -0.15) is 0 Å². The summed E-state index contributed by atoms with van der Waals surface area (Å²) in [5.41, 5.74) is 0. The van der Waals surface area contributed by atoms with E-state index < -0.39 is 0 Å². The fraction of sp³-hybridized carbons (Fsp3) is 0.875. The van der Waals surface area contributed by atoms with Crippen molar-refractivity contribution < 1.29 is 0 Å². The molecule has 106 valence electrons. The van der Waals surface area contributed by atoms with Crippen LogP contribution in [0.3, 0.4) is 0 Å².